The van der Waals surface area contributed by atoms with Gasteiger partial charge in [-0.05, 0) is 70.2 Å². The number of amides is 3. The minimum Gasteiger partial charge on any atom is -0.494 e. The minimum absolute atomic E-state index is 0.183. The van der Waals surface area contributed by atoms with Crippen LogP contribution < -0.4 is 10.1 Å². The standard InChI is InChI=1S/C23H30N2O6/c1-23(2,3)31-20(27)7-5-4-6-12-30-16-8-9-17-15(13-16)14-25(22(17)29)18-10-11-19(26)24-21(18)28/h8-9,13,18H,4-7,10-12,14H2,1-3H3,(H,24,26,28). The number of hydrogen-bond donors (Lipinski definition) is 1. The first kappa shape index (κ1) is 22.8. The van der Waals surface area contributed by atoms with Crippen LogP contribution in [0.1, 0.15) is 75.2 Å². The van der Waals surface area contributed by atoms with Gasteiger partial charge in [0.15, 0.2) is 0 Å². The van der Waals surface area contributed by atoms with E-state index in [1.165, 1.54) is 4.90 Å². The van der Waals surface area contributed by atoms with Gasteiger partial charge >= 0.3 is 5.97 Å². The largest absolute Gasteiger partial charge is 0.494 e. The van der Waals surface area contributed by atoms with Gasteiger partial charge in [0.2, 0.25) is 11.8 Å². The molecule has 3 rings (SSSR count). The molecule has 1 aromatic carbocycles. The van der Waals surface area contributed by atoms with E-state index in [1.807, 2.05) is 26.8 Å². The van der Waals surface area contributed by atoms with Gasteiger partial charge in [0, 0.05) is 24.9 Å². The third kappa shape index (κ3) is 6.06. The fourth-order valence-electron chi connectivity index (χ4n) is 3.77. The number of imide groups is 1. The molecule has 0 radical (unpaired) electrons. The topological polar surface area (TPSA) is 102 Å². The van der Waals surface area contributed by atoms with Gasteiger partial charge in [0.1, 0.15) is 17.4 Å². The number of hydrogen-bond acceptors (Lipinski definition) is 6. The highest BCUT2D eigenvalue weighted by molar-refractivity contribution is 6.05. The van der Waals surface area contributed by atoms with Crippen molar-refractivity contribution in [3.8, 4) is 5.75 Å². The molecule has 0 bridgehead atoms. The SMILES string of the molecule is CC(C)(C)OC(=O)CCCCCOc1ccc2c(c1)CN(C1CCC(=O)NC1=O)C2=O. The fourth-order valence-corrected chi connectivity index (χ4v) is 3.77. The Labute approximate surface area is 182 Å². The van der Waals surface area contributed by atoms with Gasteiger partial charge in [-0.1, -0.05) is 0 Å². The average molecular weight is 431 g/mol. The Kier molecular flexibility index (Phi) is 6.97. The molecule has 2 aliphatic rings. The van der Waals surface area contributed by atoms with Crippen LogP contribution in [0, 0.1) is 0 Å². The zero-order valence-electron chi connectivity index (χ0n) is 18.4. The molecule has 0 spiro atoms. The summed E-state index contributed by atoms with van der Waals surface area (Å²) in [5.41, 5.74) is 0.926. The number of carbonyl (C=O) groups is 4. The van der Waals surface area contributed by atoms with E-state index in [1.54, 1.807) is 12.1 Å². The molecular weight excluding hydrogens is 400 g/mol. The molecule has 2 aliphatic heterocycles. The highest BCUT2D eigenvalue weighted by atomic mass is 16.6. The van der Waals surface area contributed by atoms with E-state index in [9.17, 15) is 19.2 Å². The molecule has 8 heteroatoms. The summed E-state index contributed by atoms with van der Waals surface area (Å²) in [6.45, 7) is 6.40. The molecule has 0 aromatic heterocycles. The molecule has 1 unspecified atom stereocenters. The first-order chi connectivity index (χ1) is 14.6. The lowest BCUT2D eigenvalue weighted by Crippen LogP contribution is -2.52. The van der Waals surface area contributed by atoms with Gasteiger partial charge in [0.05, 0.1) is 6.61 Å². The van der Waals surface area contributed by atoms with E-state index in [-0.39, 0.29) is 24.2 Å². The summed E-state index contributed by atoms with van der Waals surface area (Å²) in [5.74, 6) is -0.424. The van der Waals surface area contributed by atoms with Crippen LogP contribution in [0.25, 0.3) is 0 Å². The van der Waals surface area contributed by atoms with Gasteiger partial charge in [-0.3, -0.25) is 24.5 Å². The molecule has 1 atom stereocenters. The molecular formula is C23H30N2O6. The maximum Gasteiger partial charge on any atom is 0.306 e. The Hall–Kier alpha value is -2.90. The quantitative estimate of drug-likeness (QED) is 0.387. The number of unbranched alkanes of at least 4 members (excludes halogenated alkanes) is 2. The maximum absolute atomic E-state index is 12.7. The summed E-state index contributed by atoms with van der Waals surface area (Å²) < 4.78 is 11.1. The monoisotopic (exact) mass is 430 g/mol. The van der Waals surface area contributed by atoms with Crippen molar-refractivity contribution in [2.75, 3.05) is 6.61 Å². The van der Waals surface area contributed by atoms with Crippen molar-refractivity contribution in [3.05, 3.63) is 29.3 Å². The van der Waals surface area contributed by atoms with Crippen molar-refractivity contribution in [3.63, 3.8) is 0 Å². The van der Waals surface area contributed by atoms with Crippen LogP contribution in [0.3, 0.4) is 0 Å². The molecule has 8 nitrogen and oxygen atoms in total. The number of fused-ring (bicyclic) bond motifs is 1. The Morgan fingerprint density at radius 1 is 1.16 bits per heavy atom. The van der Waals surface area contributed by atoms with E-state index in [0.29, 0.717) is 37.3 Å². The molecule has 1 aromatic rings. The van der Waals surface area contributed by atoms with Crippen LogP contribution in [-0.2, 0) is 25.7 Å². The van der Waals surface area contributed by atoms with E-state index in [4.69, 9.17) is 9.47 Å². The van der Waals surface area contributed by atoms with Crippen LogP contribution in [0.5, 0.6) is 5.75 Å². The molecule has 31 heavy (non-hydrogen) atoms. The summed E-state index contributed by atoms with van der Waals surface area (Å²) in [4.78, 5) is 49.4. The summed E-state index contributed by atoms with van der Waals surface area (Å²) in [7, 11) is 0. The van der Waals surface area contributed by atoms with E-state index >= 15 is 0 Å². The third-order valence-electron chi connectivity index (χ3n) is 5.21. The number of piperidine rings is 1. The molecule has 168 valence electrons. The van der Waals surface area contributed by atoms with E-state index in [2.05, 4.69) is 5.32 Å². The van der Waals surface area contributed by atoms with Crippen molar-refractivity contribution >= 4 is 23.7 Å². The summed E-state index contributed by atoms with van der Waals surface area (Å²) >= 11 is 0. The van der Waals surface area contributed by atoms with Gasteiger partial charge in [-0.25, -0.2) is 0 Å². The van der Waals surface area contributed by atoms with Crippen LogP contribution in [0.4, 0.5) is 0 Å². The summed E-state index contributed by atoms with van der Waals surface area (Å²) in [6, 6.07) is 4.69. The molecule has 1 N–H and O–H groups in total. The predicted molar refractivity (Wildman–Crippen MR) is 112 cm³/mol. The van der Waals surface area contributed by atoms with Gasteiger partial charge in [-0.15, -0.1) is 0 Å². The van der Waals surface area contributed by atoms with Crippen LogP contribution in [0.15, 0.2) is 18.2 Å². The van der Waals surface area contributed by atoms with Crippen molar-refractivity contribution in [2.45, 2.75) is 77.5 Å². The van der Waals surface area contributed by atoms with Gasteiger partial charge in [0.25, 0.3) is 5.91 Å². The lowest BCUT2D eigenvalue weighted by molar-refractivity contribution is -0.155. The van der Waals surface area contributed by atoms with E-state index in [0.717, 1.165) is 24.8 Å². The first-order valence-electron chi connectivity index (χ1n) is 10.8. The number of nitrogens with zero attached hydrogens (tertiary/aromatic N) is 1. The third-order valence-corrected chi connectivity index (χ3v) is 5.21. The van der Waals surface area contributed by atoms with Crippen molar-refractivity contribution < 1.29 is 28.7 Å². The molecule has 0 saturated carbocycles. The Morgan fingerprint density at radius 3 is 2.65 bits per heavy atom. The highest BCUT2D eigenvalue weighted by Crippen LogP contribution is 2.30. The number of carbonyl (C=O) groups excluding carboxylic acids is 4. The zero-order valence-corrected chi connectivity index (χ0v) is 18.4. The lowest BCUT2D eigenvalue weighted by atomic mass is 10.0. The lowest BCUT2D eigenvalue weighted by Gasteiger charge is -2.29. The maximum atomic E-state index is 12.7. The first-order valence-corrected chi connectivity index (χ1v) is 10.8. The molecule has 1 saturated heterocycles. The molecule has 0 aliphatic carbocycles. The van der Waals surface area contributed by atoms with E-state index < -0.39 is 17.6 Å². The van der Waals surface area contributed by atoms with Crippen molar-refractivity contribution in [1.29, 1.82) is 0 Å². The second-order valence-corrected chi connectivity index (χ2v) is 8.96. The normalized spacial score (nSPS) is 18.6. The highest BCUT2D eigenvalue weighted by Gasteiger charge is 2.39. The van der Waals surface area contributed by atoms with Crippen molar-refractivity contribution in [1.82, 2.24) is 10.2 Å². The molecule has 2 heterocycles. The summed E-state index contributed by atoms with van der Waals surface area (Å²) in [5, 5.41) is 2.30. The van der Waals surface area contributed by atoms with Crippen LogP contribution >= 0.6 is 0 Å². The predicted octanol–water partition coefficient (Wildman–Crippen LogP) is 2.73. The number of esters is 1. The number of benzene rings is 1. The van der Waals surface area contributed by atoms with Gasteiger partial charge in [-0.2, -0.15) is 0 Å². The molecule has 1 fully saturated rings. The smallest absolute Gasteiger partial charge is 0.306 e. The van der Waals surface area contributed by atoms with Gasteiger partial charge < -0.3 is 14.4 Å². The number of rotatable bonds is 8. The second-order valence-electron chi connectivity index (χ2n) is 8.96. The Bertz CT molecular complexity index is 873. The fraction of sp³-hybridized carbons (Fsp3) is 0.565. The number of nitrogens with one attached hydrogen (secondary N) is 1. The zero-order chi connectivity index (χ0) is 22.6. The number of ether oxygens (including phenoxy) is 2. The molecule has 3 amide bonds. The second kappa shape index (κ2) is 9.49. The van der Waals surface area contributed by atoms with Crippen LogP contribution in [0.2, 0.25) is 0 Å². The summed E-state index contributed by atoms with van der Waals surface area (Å²) in [6.07, 6.45) is 3.38. The van der Waals surface area contributed by atoms with Crippen LogP contribution in [-0.4, -0.2) is 46.8 Å². The average Bonchev–Trinajstić information content (AvgIpc) is 2.99. The van der Waals surface area contributed by atoms with Crippen molar-refractivity contribution in [2.24, 2.45) is 0 Å². The minimum atomic E-state index is -0.619. The Balaban J connectivity index is 1.44. The Morgan fingerprint density at radius 2 is 1.94 bits per heavy atom.